The van der Waals surface area contributed by atoms with E-state index in [2.05, 4.69) is 5.32 Å². The number of hydrogen-bond donors (Lipinski definition) is 2. The predicted octanol–water partition coefficient (Wildman–Crippen LogP) is 0.305. The molecule has 6 nitrogen and oxygen atoms in total. The number of rotatable bonds is 2. The van der Waals surface area contributed by atoms with E-state index in [4.69, 9.17) is 5.11 Å². The molecule has 0 aromatic heterocycles. The first-order valence-electron chi connectivity index (χ1n) is 5.00. The van der Waals surface area contributed by atoms with Gasteiger partial charge in [0.1, 0.15) is 6.04 Å². The van der Waals surface area contributed by atoms with Gasteiger partial charge in [-0.15, -0.1) is 0 Å². The quantitative estimate of drug-likeness (QED) is 0.770. The molecule has 1 atom stereocenters. The first-order valence-corrected chi connectivity index (χ1v) is 5.00. The largest absolute Gasteiger partial charge is 0.480 e. The molecule has 17 heavy (non-hydrogen) atoms. The van der Waals surface area contributed by atoms with Crippen LogP contribution in [0.5, 0.6) is 0 Å². The van der Waals surface area contributed by atoms with Crippen LogP contribution in [-0.4, -0.2) is 40.5 Å². The van der Waals surface area contributed by atoms with Crippen LogP contribution < -0.4 is 5.32 Å². The number of benzene rings is 1. The summed E-state index contributed by atoms with van der Waals surface area (Å²) in [7, 11) is 0. The van der Waals surface area contributed by atoms with Gasteiger partial charge in [0.15, 0.2) is 0 Å². The normalized spacial score (nSPS) is 18.9. The van der Waals surface area contributed by atoms with Gasteiger partial charge in [-0.3, -0.25) is 9.69 Å². The fourth-order valence-corrected chi connectivity index (χ4v) is 1.59. The number of carboxylic acid groups (broad SMARTS) is 1. The van der Waals surface area contributed by atoms with Crippen molar-refractivity contribution >= 4 is 17.9 Å². The number of carbonyl (C=O) groups excluding carboxylic acids is 2. The van der Waals surface area contributed by atoms with Crippen LogP contribution in [0.3, 0.4) is 0 Å². The maximum Gasteiger partial charge on any atom is 0.328 e. The van der Waals surface area contributed by atoms with Crippen LogP contribution >= 0.6 is 0 Å². The zero-order valence-corrected chi connectivity index (χ0v) is 8.79. The number of imide groups is 1. The molecule has 1 saturated heterocycles. The Morgan fingerprint density at radius 3 is 2.47 bits per heavy atom. The number of aliphatic carboxylic acids is 1. The second-order valence-corrected chi connectivity index (χ2v) is 3.62. The molecule has 1 aliphatic heterocycles. The number of amides is 3. The van der Waals surface area contributed by atoms with Crippen LogP contribution in [-0.2, 0) is 4.79 Å². The summed E-state index contributed by atoms with van der Waals surface area (Å²) in [6.07, 6.45) is 0. The van der Waals surface area contributed by atoms with Crippen LogP contribution in [0.1, 0.15) is 10.4 Å². The van der Waals surface area contributed by atoms with Gasteiger partial charge in [0, 0.05) is 5.56 Å². The van der Waals surface area contributed by atoms with E-state index in [1.165, 1.54) is 0 Å². The highest BCUT2D eigenvalue weighted by atomic mass is 16.4. The van der Waals surface area contributed by atoms with Crippen molar-refractivity contribution in [1.82, 2.24) is 10.2 Å². The van der Waals surface area contributed by atoms with E-state index in [0.717, 1.165) is 4.90 Å². The van der Waals surface area contributed by atoms with Crippen LogP contribution in [0.15, 0.2) is 30.3 Å². The Kier molecular flexibility index (Phi) is 2.78. The molecule has 0 radical (unpaired) electrons. The average Bonchev–Trinajstić information content (AvgIpc) is 2.72. The summed E-state index contributed by atoms with van der Waals surface area (Å²) >= 11 is 0. The van der Waals surface area contributed by atoms with Crippen molar-refractivity contribution in [2.75, 3.05) is 6.54 Å². The Morgan fingerprint density at radius 2 is 1.94 bits per heavy atom. The molecule has 1 fully saturated rings. The lowest BCUT2D eigenvalue weighted by Crippen LogP contribution is -2.34. The number of urea groups is 1. The molecule has 88 valence electrons. The number of hydrogen-bond acceptors (Lipinski definition) is 3. The molecule has 0 spiro atoms. The zero-order chi connectivity index (χ0) is 12.4. The van der Waals surface area contributed by atoms with Gasteiger partial charge in [0.2, 0.25) is 0 Å². The highest BCUT2D eigenvalue weighted by Gasteiger charge is 2.37. The lowest BCUT2D eigenvalue weighted by molar-refractivity contribution is -0.138. The van der Waals surface area contributed by atoms with Gasteiger partial charge in [0.05, 0.1) is 6.54 Å². The van der Waals surface area contributed by atoms with Gasteiger partial charge < -0.3 is 10.4 Å². The summed E-state index contributed by atoms with van der Waals surface area (Å²) in [6, 6.07) is 6.54. The van der Waals surface area contributed by atoms with Crippen molar-refractivity contribution in [3.05, 3.63) is 35.9 Å². The molecule has 2 rings (SSSR count). The lowest BCUT2D eigenvalue weighted by Gasteiger charge is -2.11. The minimum absolute atomic E-state index is 0.151. The van der Waals surface area contributed by atoms with Gasteiger partial charge in [-0.2, -0.15) is 0 Å². The zero-order valence-electron chi connectivity index (χ0n) is 8.79. The molecular weight excluding hydrogens is 224 g/mol. The Morgan fingerprint density at radius 1 is 1.29 bits per heavy atom. The number of nitrogens with one attached hydrogen (secondary N) is 1. The molecule has 1 heterocycles. The van der Waals surface area contributed by atoms with E-state index in [9.17, 15) is 14.4 Å². The highest BCUT2D eigenvalue weighted by Crippen LogP contribution is 2.10. The number of carbonyl (C=O) groups is 3. The Balaban J connectivity index is 2.17. The average molecular weight is 234 g/mol. The van der Waals surface area contributed by atoms with Crippen molar-refractivity contribution in [2.45, 2.75) is 6.04 Å². The van der Waals surface area contributed by atoms with Crippen LogP contribution in [0, 0.1) is 0 Å². The topological polar surface area (TPSA) is 86.7 Å². The highest BCUT2D eigenvalue weighted by molar-refractivity contribution is 6.06. The van der Waals surface area contributed by atoms with Crippen LogP contribution in [0.25, 0.3) is 0 Å². The summed E-state index contributed by atoms with van der Waals surface area (Å²) in [5.74, 6) is -1.64. The summed E-state index contributed by atoms with van der Waals surface area (Å²) in [6.45, 7) is -0.151. The molecular formula is C11H10N2O4. The molecule has 2 N–H and O–H groups in total. The van der Waals surface area contributed by atoms with E-state index in [1.807, 2.05) is 0 Å². The molecule has 1 aliphatic rings. The lowest BCUT2D eigenvalue weighted by atomic mass is 10.2. The Hall–Kier alpha value is -2.37. The summed E-state index contributed by atoms with van der Waals surface area (Å²) in [5, 5.41) is 11.0. The first-order chi connectivity index (χ1) is 8.09. The predicted molar refractivity (Wildman–Crippen MR) is 57.4 cm³/mol. The van der Waals surface area contributed by atoms with E-state index < -0.39 is 23.9 Å². The van der Waals surface area contributed by atoms with Crippen LogP contribution in [0.2, 0.25) is 0 Å². The maximum absolute atomic E-state index is 11.9. The van der Waals surface area contributed by atoms with Gasteiger partial charge >= 0.3 is 12.0 Å². The van der Waals surface area contributed by atoms with Crippen molar-refractivity contribution < 1.29 is 19.5 Å². The Bertz CT molecular complexity index is 472. The van der Waals surface area contributed by atoms with Gasteiger partial charge in [-0.05, 0) is 12.1 Å². The third-order valence-corrected chi connectivity index (χ3v) is 2.47. The van der Waals surface area contributed by atoms with Crippen molar-refractivity contribution in [3.8, 4) is 0 Å². The SMILES string of the molecule is O=C(O)[C@@H]1CN(C(=O)c2ccccc2)C(=O)N1. The molecule has 1 aromatic rings. The second-order valence-electron chi connectivity index (χ2n) is 3.62. The molecule has 0 bridgehead atoms. The summed E-state index contributed by atoms with van der Waals surface area (Å²) < 4.78 is 0. The molecule has 0 saturated carbocycles. The molecule has 0 aliphatic carbocycles. The fraction of sp³-hybridized carbons (Fsp3) is 0.182. The number of nitrogens with zero attached hydrogens (tertiary/aromatic N) is 1. The van der Waals surface area contributed by atoms with Crippen molar-refractivity contribution in [1.29, 1.82) is 0 Å². The smallest absolute Gasteiger partial charge is 0.328 e. The molecule has 6 heteroatoms. The van der Waals surface area contributed by atoms with E-state index in [0.29, 0.717) is 5.56 Å². The standard InChI is InChI=1S/C11H10N2O4/c14-9(7-4-2-1-3-5-7)13-6-8(10(15)16)12-11(13)17/h1-5,8H,6H2,(H,12,17)(H,15,16)/t8-/m0/s1. The fourth-order valence-electron chi connectivity index (χ4n) is 1.59. The second kappa shape index (κ2) is 4.25. The van der Waals surface area contributed by atoms with E-state index >= 15 is 0 Å². The Labute approximate surface area is 96.8 Å². The third-order valence-electron chi connectivity index (χ3n) is 2.47. The summed E-state index contributed by atoms with van der Waals surface area (Å²) in [5.41, 5.74) is 0.355. The van der Waals surface area contributed by atoms with E-state index in [-0.39, 0.29) is 6.54 Å². The first kappa shape index (κ1) is 11.1. The van der Waals surface area contributed by atoms with Crippen molar-refractivity contribution in [3.63, 3.8) is 0 Å². The van der Waals surface area contributed by atoms with Crippen molar-refractivity contribution in [2.24, 2.45) is 0 Å². The minimum Gasteiger partial charge on any atom is -0.480 e. The third kappa shape index (κ3) is 2.10. The van der Waals surface area contributed by atoms with Crippen LogP contribution in [0.4, 0.5) is 4.79 Å². The molecule has 3 amide bonds. The monoisotopic (exact) mass is 234 g/mol. The summed E-state index contributed by atoms with van der Waals surface area (Å²) in [4.78, 5) is 34.9. The molecule has 1 aromatic carbocycles. The minimum atomic E-state index is -1.15. The van der Waals surface area contributed by atoms with Gasteiger partial charge in [0.25, 0.3) is 5.91 Å². The van der Waals surface area contributed by atoms with Gasteiger partial charge in [-0.25, -0.2) is 9.59 Å². The van der Waals surface area contributed by atoms with Gasteiger partial charge in [-0.1, -0.05) is 18.2 Å². The van der Waals surface area contributed by atoms with E-state index in [1.54, 1.807) is 30.3 Å². The molecule has 0 unspecified atom stereocenters. The number of carboxylic acids is 1. The maximum atomic E-state index is 11.9.